The number of nitrogens with zero attached hydrogens (tertiary/aromatic N) is 2. The zero-order valence-electron chi connectivity index (χ0n) is 13.2. The molecule has 4 heteroatoms. The second-order valence-corrected chi connectivity index (χ2v) is 5.30. The van der Waals surface area contributed by atoms with E-state index < -0.39 is 0 Å². The Labute approximate surface area is 126 Å². The van der Waals surface area contributed by atoms with E-state index in [0.29, 0.717) is 5.92 Å². The molecule has 0 unspecified atom stereocenters. The van der Waals surface area contributed by atoms with Crippen molar-refractivity contribution in [2.45, 2.75) is 33.1 Å². The Morgan fingerprint density at radius 3 is 2.43 bits per heavy atom. The molecule has 0 radical (unpaired) electrons. The lowest BCUT2D eigenvalue weighted by atomic mass is 10.1. The molecule has 0 spiro atoms. The highest BCUT2D eigenvalue weighted by Gasteiger charge is 2.08. The molecule has 0 aliphatic rings. The molecule has 4 nitrogen and oxygen atoms in total. The van der Waals surface area contributed by atoms with E-state index >= 15 is 0 Å². The van der Waals surface area contributed by atoms with Gasteiger partial charge in [0.2, 0.25) is 0 Å². The van der Waals surface area contributed by atoms with Crippen LogP contribution in [-0.2, 0) is 6.42 Å². The Morgan fingerprint density at radius 1 is 1.14 bits per heavy atom. The summed E-state index contributed by atoms with van der Waals surface area (Å²) in [7, 11) is 1.67. The van der Waals surface area contributed by atoms with E-state index in [9.17, 15) is 0 Å². The van der Waals surface area contributed by atoms with Crippen LogP contribution in [0, 0.1) is 0 Å². The molecule has 1 N–H and O–H groups in total. The molecule has 0 saturated heterocycles. The molecule has 1 heterocycles. The van der Waals surface area contributed by atoms with Crippen LogP contribution in [0.3, 0.4) is 0 Å². The molecule has 0 aliphatic carbocycles. The topological polar surface area (TPSA) is 47.0 Å². The quantitative estimate of drug-likeness (QED) is 0.880. The van der Waals surface area contributed by atoms with Crippen molar-refractivity contribution in [2.75, 3.05) is 19.0 Å². The molecule has 21 heavy (non-hydrogen) atoms. The van der Waals surface area contributed by atoms with Gasteiger partial charge in [-0.2, -0.15) is 0 Å². The predicted molar refractivity (Wildman–Crippen MR) is 86.1 cm³/mol. The average molecular weight is 285 g/mol. The average Bonchev–Trinajstić information content (AvgIpc) is 2.48. The van der Waals surface area contributed by atoms with Gasteiger partial charge < -0.3 is 10.1 Å². The van der Waals surface area contributed by atoms with E-state index in [1.807, 2.05) is 18.2 Å². The van der Waals surface area contributed by atoms with Crippen LogP contribution < -0.4 is 10.1 Å². The lowest BCUT2D eigenvalue weighted by molar-refractivity contribution is 0.414. The van der Waals surface area contributed by atoms with Crippen LogP contribution in [-0.4, -0.2) is 23.6 Å². The summed E-state index contributed by atoms with van der Waals surface area (Å²) in [5, 5.41) is 3.28. The highest BCUT2D eigenvalue weighted by molar-refractivity contribution is 5.38. The third-order valence-corrected chi connectivity index (χ3v) is 3.26. The molecule has 1 aromatic heterocycles. The van der Waals surface area contributed by atoms with Gasteiger partial charge in [0.1, 0.15) is 17.4 Å². The molecule has 0 saturated carbocycles. The van der Waals surface area contributed by atoms with Crippen LogP contribution >= 0.6 is 0 Å². The first kappa shape index (κ1) is 15.3. The Morgan fingerprint density at radius 2 is 1.86 bits per heavy atom. The predicted octanol–water partition coefficient (Wildman–Crippen LogP) is 3.63. The molecule has 0 fully saturated rings. The maximum Gasteiger partial charge on any atom is 0.135 e. The van der Waals surface area contributed by atoms with Crippen molar-refractivity contribution >= 4 is 5.82 Å². The summed E-state index contributed by atoms with van der Waals surface area (Å²) in [6.07, 6.45) is 0.725. The maximum absolute atomic E-state index is 5.18. The number of rotatable bonds is 6. The number of hydrogen-bond donors (Lipinski definition) is 1. The zero-order chi connectivity index (χ0) is 15.2. The zero-order valence-corrected chi connectivity index (χ0v) is 13.2. The first-order chi connectivity index (χ1) is 10.1. The first-order valence-electron chi connectivity index (χ1n) is 7.37. The van der Waals surface area contributed by atoms with Gasteiger partial charge in [-0.25, -0.2) is 9.97 Å². The summed E-state index contributed by atoms with van der Waals surface area (Å²) in [6.45, 7) is 7.22. The van der Waals surface area contributed by atoms with E-state index in [0.717, 1.165) is 36.1 Å². The molecule has 112 valence electrons. The Balaban J connectivity index is 2.24. The number of ether oxygens (including phenoxy) is 1. The van der Waals surface area contributed by atoms with Gasteiger partial charge in [-0.3, -0.25) is 0 Å². The molecule has 1 aromatic carbocycles. The molecule has 0 amide bonds. The van der Waals surface area contributed by atoms with Gasteiger partial charge in [0.05, 0.1) is 7.11 Å². The number of anilines is 1. The molecule has 0 aliphatic heterocycles. The van der Waals surface area contributed by atoms with Crippen LogP contribution in [0.1, 0.15) is 43.8 Å². The van der Waals surface area contributed by atoms with Gasteiger partial charge >= 0.3 is 0 Å². The van der Waals surface area contributed by atoms with Gasteiger partial charge in [-0.15, -0.1) is 0 Å². The second kappa shape index (κ2) is 7.07. The lowest BCUT2D eigenvalue weighted by Crippen LogP contribution is -2.07. The summed E-state index contributed by atoms with van der Waals surface area (Å²) < 4.78 is 5.18. The van der Waals surface area contributed by atoms with Gasteiger partial charge in [-0.1, -0.05) is 26.0 Å². The van der Waals surface area contributed by atoms with Crippen molar-refractivity contribution in [3.63, 3.8) is 0 Å². The summed E-state index contributed by atoms with van der Waals surface area (Å²) in [5.74, 6) is 3.01. The normalized spacial score (nSPS) is 10.7. The van der Waals surface area contributed by atoms with Crippen molar-refractivity contribution in [3.05, 3.63) is 47.4 Å². The second-order valence-electron chi connectivity index (χ2n) is 5.30. The van der Waals surface area contributed by atoms with E-state index in [1.54, 1.807) is 7.11 Å². The molecule has 2 rings (SSSR count). The number of aromatic nitrogens is 2. The van der Waals surface area contributed by atoms with Crippen molar-refractivity contribution in [1.29, 1.82) is 0 Å². The van der Waals surface area contributed by atoms with Crippen LogP contribution in [0.4, 0.5) is 5.82 Å². The summed E-state index contributed by atoms with van der Waals surface area (Å²) in [5.41, 5.74) is 2.25. The number of methoxy groups -OCH3 is 1. The molecular weight excluding hydrogens is 262 g/mol. The molecule has 0 atom stereocenters. The fourth-order valence-electron chi connectivity index (χ4n) is 2.09. The van der Waals surface area contributed by atoms with Gasteiger partial charge in [0.15, 0.2) is 0 Å². The minimum atomic E-state index is 0.389. The van der Waals surface area contributed by atoms with E-state index in [4.69, 9.17) is 4.74 Å². The summed E-state index contributed by atoms with van der Waals surface area (Å²) >= 11 is 0. The van der Waals surface area contributed by atoms with Gasteiger partial charge in [-0.05, 0) is 30.5 Å². The van der Waals surface area contributed by atoms with Crippen LogP contribution in [0.2, 0.25) is 0 Å². The monoisotopic (exact) mass is 285 g/mol. The van der Waals surface area contributed by atoms with E-state index in [-0.39, 0.29) is 0 Å². The molecular formula is C17H23N3O. The van der Waals surface area contributed by atoms with E-state index in [2.05, 4.69) is 48.2 Å². The highest BCUT2D eigenvalue weighted by Crippen LogP contribution is 2.18. The first-order valence-corrected chi connectivity index (χ1v) is 7.37. The number of benzene rings is 1. The smallest absolute Gasteiger partial charge is 0.135 e. The van der Waals surface area contributed by atoms with Crippen molar-refractivity contribution < 1.29 is 4.74 Å². The Hall–Kier alpha value is -2.10. The third-order valence-electron chi connectivity index (χ3n) is 3.26. The van der Waals surface area contributed by atoms with Gasteiger partial charge in [0.25, 0.3) is 0 Å². The Bertz CT molecular complexity index is 579. The molecule has 2 aromatic rings. The number of hydrogen-bond acceptors (Lipinski definition) is 4. The molecule has 0 bridgehead atoms. The SMILES string of the molecule is CCNc1cc(C(C)C)nc(Cc2ccc(OC)cc2)n1. The minimum Gasteiger partial charge on any atom is -0.497 e. The van der Waals surface area contributed by atoms with Gasteiger partial charge in [0, 0.05) is 24.7 Å². The third kappa shape index (κ3) is 4.18. The van der Waals surface area contributed by atoms with Crippen LogP contribution in [0.5, 0.6) is 5.75 Å². The minimum absolute atomic E-state index is 0.389. The summed E-state index contributed by atoms with van der Waals surface area (Å²) in [6, 6.07) is 10.1. The van der Waals surface area contributed by atoms with Crippen molar-refractivity contribution in [3.8, 4) is 5.75 Å². The summed E-state index contributed by atoms with van der Waals surface area (Å²) in [4.78, 5) is 9.26. The number of nitrogens with one attached hydrogen (secondary N) is 1. The van der Waals surface area contributed by atoms with Crippen LogP contribution in [0.25, 0.3) is 0 Å². The Kier molecular flexibility index (Phi) is 5.14. The van der Waals surface area contributed by atoms with Crippen molar-refractivity contribution in [1.82, 2.24) is 9.97 Å². The fraction of sp³-hybridized carbons (Fsp3) is 0.412. The van der Waals surface area contributed by atoms with Crippen LogP contribution in [0.15, 0.2) is 30.3 Å². The highest BCUT2D eigenvalue weighted by atomic mass is 16.5. The van der Waals surface area contributed by atoms with E-state index in [1.165, 1.54) is 5.56 Å². The maximum atomic E-state index is 5.18. The lowest BCUT2D eigenvalue weighted by Gasteiger charge is -2.11. The fourth-order valence-corrected chi connectivity index (χ4v) is 2.09. The largest absolute Gasteiger partial charge is 0.497 e. The van der Waals surface area contributed by atoms with Crippen molar-refractivity contribution in [2.24, 2.45) is 0 Å². The standard InChI is InChI=1S/C17H23N3O/c1-5-18-16-11-15(12(2)3)19-17(20-16)10-13-6-8-14(21-4)9-7-13/h6-9,11-12H,5,10H2,1-4H3,(H,18,19,20).